The molecule has 19 heavy (non-hydrogen) atoms. The number of hydrogen-bond acceptors (Lipinski definition) is 5. The lowest BCUT2D eigenvalue weighted by atomic mass is 10.2. The van der Waals surface area contributed by atoms with Crippen LogP contribution in [-0.4, -0.2) is 22.3 Å². The van der Waals surface area contributed by atoms with Gasteiger partial charge in [0.15, 0.2) is 11.5 Å². The Morgan fingerprint density at radius 3 is 2.84 bits per heavy atom. The van der Waals surface area contributed by atoms with Crippen LogP contribution < -0.4 is 5.43 Å². The average molecular weight is 297 g/mol. The Balaban J connectivity index is 2.05. The van der Waals surface area contributed by atoms with E-state index < -0.39 is 0 Å². The van der Waals surface area contributed by atoms with E-state index in [1.54, 1.807) is 17.5 Å². The molecule has 0 unspecified atom stereocenters. The Morgan fingerprint density at radius 1 is 1.42 bits per heavy atom. The van der Waals surface area contributed by atoms with Gasteiger partial charge in [0.05, 0.1) is 16.1 Å². The molecule has 0 bridgehead atoms. The first-order valence-electron chi connectivity index (χ1n) is 5.16. The molecule has 2 rings (SSSR count). The number of halogens is 1. The maximum absolute atomic E-state index is 11.6. The molecule has 0 atom stereocenters. The van der Waals surface area contributed by atoms with Crippen LogP contribution >= 0.6 is 22.9 Å². The smallest absolute Gasteiger partial charge is 0.281 e. The molecule has 1 amide bonds. The molecular weight excluding hydrogens is 288 g/mol. The van der Waals surface area contributed by atoms with E-state index in [1.807, 2.05) is 0 Å². The van der Waals surface area contributed by atoms with E-state index in [1.165, 1.54) is 29.7 Å². The highest BCUT2D eigenvalue weighted by Crippen LogP contribution is 2.33. The molecule has 5 nitrogen and oxygen atoms in total. The lowest BCUT2D eigenvalue weighted by Crippen LogP contribution is -2.16. The number of amides is 1. The summed E-state index contributed by atoms with van der Waals surface area (Å²) < 4.78 is 0. The maximum atomic E-state index is 11.6. The summed E-state index contributed by atoms with van der Waals surface area (Å²) in [5.41, 5.74) is 2.79. The van der Waals surface area contributed by atoms with E-state index in [4.69, 9.17) is 11.6 Å². The third-order valence-corrected chi connectivity index (χ3v) is 3.35. The molecule has 0 aliphatic carbocycles. The minimum atomic E-state index is -0.388. The topological polar surface area (TPSA) is 81.9 Å². The Hall–Kier alpha value is -2.05. The Kier molecular flexibility index (Phi) is 4.03. The van der Waals surface area contributed by atoms with Gasteiger partial charge in [-0.2, -0.15) is 5.10 Å². The molecule has 7 heteroatoms. The number of hydrogen-bond donors (Lipinski definition) is 3. The van der Waals surface area contributed by atoms with E-state index in [2.05, 4.69) is 10.5 Å². The second kappa shape index (κ2) is 5.73. The van der Waals surface area contributed by atoms with Crippen molar-refractivity contribution in [2.75, 3.05) is 0 Å². The number of carbonyl (C=O) groups excluding carboxylic acids is 1. The lowest BCUT2D eigenvalue weighted by molar-refractivity contribution is 0.0959. The highest BCUT2D eigenvalue weighted by molar-refractivity contribution is 7.12. The summed E-state index contributed by atoms with van der Waals surface area (Å²) in [7, 11) is 0. The maximum Gasteiger partial charge on any atom is 0.281 e. The summed E-state index contributed by atoms with van der Waals surface area (Å²) in [5, 5.41) is 24.2. The van der Waals surface area contributed by atoms with Crippen molar-refractivity contribution >= 4 is 35.1 Å². The minimum Gasteiger partial charge on any atom is -0.504 e. The fourth-order valence-corrected chi connectivity index (χ4v) is 2.14. The standard InChI is InChI=1S/C12H9ClN2O3S/c13-8-4-7(5-9(16)11(8)17)6-14-15-12(18)10-2-1-3-19-10/h1-6,16-17H,(H,15,18)/b14-6+. The molecule has 0 fully saturated rings. The van der Waals surface area contributed by atoms with Gasteiger partial charge in [-0.25, -0.2) is 5.43 Å². The van der Waals surface area contributed by atoms with Gasteiger partial charge in [-0.15, -0.1) is 11.3 Å². The first kappa shape index (κ1) is 13.4. The molecule has 3 N–H and O–H groups in total. The molecular formula is C12H9ClN2O3S. The number of carbonyl (C=O) groups is 1. The van der Waals surface area contributed by atoms with Gasteiger partial charge in [-0.05, 0) is 29.1 Å². The highest BCUT2D eigenvalue weighted by Gasteiger charge is 2.07. The van der Waals surface area contributed by atoms with Crippen LogP contribution in [0.15, 0.2) is 34.7 Å². The van der Waals surface area contributed by atoms with Gasteiger partial charge in [-0.1, -0.05) is 17.7 Å². The summed E-state index contributed by atoms with van der Waals surface area (Å²) in [6.07, 6.45) is 1.32. The predicted octanol–water partition coefficient (Wildman–Crippen LogP) is 2.58. The van der Waals surface area contributed by atoms with Crippen molar-refractivity contribution in [1.82, 2.24) is 5.43 Å². The summed E-state index contributed by atoms with van der Waals surface area (Å²) in [5.74, 6) is -1.06. The van der Waals surface area contributed by atoms with Crippen molar-refractivity contribution in [3.05, 3.63) is 45.1 Å². The van der Waals surface area contributed by atoms with Gasteiger partial charge in [-0.3, -0.25) is 4.79 Å². The van der Waals surface area contributed by atoms with Crippen molar-refractivity contribution in [3.8, 4) is 11.5 Å². The number of nitrogens with zero attached hydrogens (tertiary/aromatic N) is 1. The number of thiophene rings is 1. The van der Waals surface area contributed by atoms with Gasteiger partial charge < -0.3 is 10.2 Å². The van der Waals surface area contributed by atoms with E-state index in [0.717, 1.165) is 0 Å². The van der Waals surface area contributed by atoms with Crippen LogP contribution in [0, 0.1) is 0 Å². The van der Waals surface area contributed by atoms with Crippen molar-refractivity contribution in [2.45, 2.75) is 0 Å². The monoisotopic (exact) mass is 296 g/mol. The van der Waals surface area contributed by atoms with Crippen molar-refractivity contribution in [3.63, 3.8) is 0 Å². The third kappa shape index (κ3) is 3.24. The highest BCUT2D eigenvalue weighted by atomic mass is 35.5. The lowest BCUT2D eigenvalue weighted by Gasteiger charge is -2.01. The molecule has 1 heterocycles. The number of benzene rings is 1. The van der Waals surface area contributed by atoms with Gasteiger partial charge in [0.1, 0.15) is 0 Å². The Bertz CT molecular complexity index is 603. The van der Waals surface area contributed by atoms with E-state index in [0.29, 0.717) is 10.4 Å². The van der Waals surface area contributed by atoms with Crippen LogP contribution in [0.25, 0.3) is 0 Å². The first-order chi connectivity index (χ1) is 9.08. The van der Waals surface area contributed by atoms with Crippen LogP contribution in [0.5, 0.6) is 11.5 Å². The van der Waals surface area contributed by atoms with Crippen molar-refractivity contribution in [2.24, 2.45) is 5.10 Å². The Labute approximate surface area is 117 Å². The number of nitrogens with one attached hydrogen (secondary N) is 1. The SMILES string of the molecule is O=C(N/N=C/c1cc(O)c(O)c(Cl)c1)c1cccs1. The average Bonchev–Trinajstić information content (AvgIpc) is 2.89. The predicted molar refractivity (Wildman–Crippen MR) is 74.2 cm³/mol. The molecule has 0 saturated carbocycles. The van der Waals surface area contributed by atoms with E-state index in [9.17, 15) is 15.0 Å². The largest absolute Gasteiger partial charge is 0.504 e. The van der Waals surface area contributed by atoms with Gasteiger partial charge >= 0.3 is 0 Å². The molecule has 0 saturated heterocycles. The zero-order chi connectivity index (χ0) is 13.8. The molecule has 0 aliphatic heterocycles. The second-order valence-corrected chi connectivity index (χ2v) is 4.90. The number of rotatable bonds is 3. The summed E-state index contributed by atoms with van der Waals surface area (Å²) >= 11 is 6.99. The second-order valence-electron chi connectivity index (χ2n) is 3.55. The molecule has 0 radical (unpaired) electrons. The molecule has 1 aromatic carbocycles. The van der Waals surface area contributed by atoms with Gasteiger partial charge in [0.25, 0.3) is 5.91 Å². The summed E-state index contributed by atoms with van der Waals surface area (Å²) in [4.78, 5) is 12.1. The van der Waals surface area contributed by atoms with Crippen LogP contribution in [-0.2, 0) is 0 Å². The normalized spacial score (nSPS) is 10.8. The van der Waals surface area contributed by atoms with E-state index >= 15 is 0 Å². The quantitative estimate of drug-likeness (QED) is 0.462. The van der Waals surface area contributed by atoms with Crippen LogP contribution in [0.1, 0.15) is 15.2 Å². The van der Waals surface area contributed by atoms with Crippen LogP contribution in [0.2, 0.25) is 5.02 Å². The number of phenolic OH excluding ortho intramolecular Hbond substituents is 2. The molecule has 1 aromatic heterocycles. The molecule has 0 spiro atoms. The van der Waals surface area contributed by atoms with Gasteiger partial charge in [0.2, 0.25) is 0 Å². The van der Waals surface area contributed by atoms with E-state index in [-0.39, 0.29) is 22.4 Å². The van der Waals surface area contributed by atoms with Crippen LogP contribution in [0.3, 0.4) is 0 Å². The van der Waals surface area contributed by atoms with Gasteiger partial charge in [0, 0.05) is 0 Å². The fraction of sp³-hybridized carbons (Fsp3) is 0. The first-order valence-corrected chi connectivity index (χ1v) is 6.42. The molecule has 98 valence electrons. The van der Waals surface area contributed by atoms with Crippen molar-refractivity contribution < 1.29 is 15.0 Å². The summed E-state index contributed by atoms with van der Waals surface area (Å²) in [6, 6.07) is 6.14. The van der Waals surface area contributed by atoms with Crippen LogP contribution in [0.4, 0.5) is 0 Å². The van der Waals surface area contributed by atoms with Crippen molar-refractivity contribution in [1.29, 1.82) is 0 Å². The third-order valence-electron chi connectivity index (χ3n) is 2.19. The molecule has 0 aliphatic rings. The zero-order valence-corrected chi connectivity index (χ0v) is 11.1. The Morgan fingerprint density at radius 2 is 2.21 bits per heavy atom. The fourth-order valence-electron chi connectivity index (χ4n) is 1.31. The minimum absolute atomic E-state index is 0.00559. The molecule has 2 aromatic rings. The number of hydrazone groups is 1. The number of aromatic hydroxyl groups is 2. The number of phenols is 2. The zero-order valence-electron chi connectivity index (χ0n) is 9.50. The summed E-state index contributed by atoms with van der Waals surface area (Å²) in [6.45, 7) is 0.